The molecule has 98 valence electrons. The van der Waals surface area contributed by atoms with E-state index >= 15 is 0 Å². The third-order valence-electron chi connectivity index (χ3n) is 3.37. The fourth-order valence-electron chi connectivity index (χ4n) is 2.48. The highest BCUT2D eigenvalue weighted by molar-refractivity contribution is 5.94. The molecule has 1 aliphatic heterocycles. The molecular formula is C15H22N2O. The monoisotopic (exact) mass is 246 g/mol. The number of likely N-dealkylation sites (tertiary alicyclic amines) is 1. The third-order valence-corrected chi connectivity index (χ3v) is 3.37. The van der Waals surface area contributed by atoms with E-state index < -0.39 is 0 Å². The Morgan fingerprint density at radius 3 is 2.39 bits per heavy atom. The molecule has 1 aliphatic rings. The molecular weight excluding hydrogens is 224 g/mol. The van der Waals surface area contributed by atoms with Crippen LogP contribution in [0.15, 0.2) is 30.3 Å². The molecule has 0 spiro atoms. The van der Waals surface area contributed by atoms with Crippen LogP contribution in [0, 0.1) is 0 Å². The van der Waals surface area contributed by atoms with Crippen LogP contribution in [0.2, 0.25) is 0 Å². The van der Waals surface area contributed by atoms with E-state index in [9.17, 15) is 4.79 Å². The zero-order valence-electron chi connectivity index (χ0n) is 11.2. The van der Waals surface area contributed by atoms with Gasteiger partial charge >= 0.3 is 0 Å². The second-order valence-electron chi connectivity index (χ2n) is 5.25. The molecule has 0 atom stereocenters. The Bertz CT molecular complexity index is 381. The fraction of sp³-hybridized carbons (Fsp3) is 0.533. The first-order chi connectivity index (χ1) is 8.66. The standard InChI is InChI=1S/C15H22N2O/c1-12(2)16-14-8-10-17(11-9-14)15(18)13-6-4-3-5-7-13/h3-7,12,14,16H,8-11H2,1-2H3. The second-order valence-corrected chi connectivity index (χ2v) is 5.25. The van der Waals surface area contributed by atoms with Gasteiger partial charge < -0.3 is 10.2 Å². The number of nitrogens with zero attached hydrogens (tertiary/aromatic N) is 1. The van der Waals surface area contributed by atoms with E-state index in [-0.39, 0.29) is 5.91 Å². The van der Waals surface area contributed by atoms with Gasteiger partial charge in [0.2, 0.25) is 0 Å². The zero-order valence-corrected chi connectivity index (χ0v) is 11.2. The van der Waals surface area contributed by atoms with Crippen molar-refractivity contribution in [2.45, 2.75) is 38.8 Å². The van der Waals surface area contributed by atoms with Crippen LogP contribution in [-0.4, -0.2) is 36.0 Å². The highest BCUT2D eigenvalue weighted by Crippen LogP contribution is 2.14. The molecule has 2 rings (SSSR count). The Labute approximate surface area is 109 Å². The van der Waals surface area contributed by atoms with Crippen LogP contribution in [0.1, 0.15) is 37.0 Å². The summed E-state index contributed by atoms with van der Waals surface area (Å²) in [6.07, 6.45) is 2.10. The van der Waals surface area contributed by atoms with Crippen molar-refractivity contribution in [1.82, 2.24) is 10.2 Å². The average Bonchev–Trinajstić information content (AvgIpc) is 2.39. The number of piperidine rings is 1. The van der Waals surface area contributed by atoms with Crippen LogP contribution in [0.3, 0.4) is 0 Å². The van der Waals surface area contributed by atoms with Gasteiger partial charge in [0.15, 0.2) is 0 Å². The Kier molecular flexibility index (Phi) is 4.37. The van der Waals surface area contributed by atoms with Crippen molar-refractivity contribution in [3.63, 3.8) is 0 Å². The molecule has 0 radical (unpaired) electrons. The molecule has 1 saturated heterocycles. The number of nitrogens with one attached hydrogen (secondary N) is 1. The number of benzene rings is 1. The number of hydrogen-bond acceptors (Lipinski definition) is 2. The molecule has 1 amide bonds. The van der Waals surface area contributed by atoms with E-state index in [4.69, 9.17) is 0 Å². The summed E-state index contributed by atoms with van der Waals surface area (Å²) in [6, 6.07) is 10.6. The van der Waals surface area contributed by atoms with Gasteiger partial charge in [-0.3, -0.25) is 4.79 Å². The summed E-state index contributed by atoms with van der Waals surface area (Å²) in [4.78, 5) is 14.2. The normalized spacial score (nSPS) is 17.2. The molecule has 1 N–H and O–H groups in total. The maximum absolute atomic E-state index is 12.2. The minimum absolute atomic E-state index is 0.165. The molecule has 0 saturated carbocycles. The van der Waals surface area contributed by atoms with E-state index in [1.54, 1.807) is 0 Å². The van der Waals surface area contributed by atoms with Crippen molar-refractivity contribution in [3.05, 3.63) is 35.9 Å². The van der Waals surface area contributed by atoms with Crippen molar-refractivity contribution < 1.29 is 4.79 Å². The summed E-state index contributed by atoms with van der Waals surface area (Å²) in [6.45, 7) is 6.05. The predicted molar refractivity (Wildman–Crippen MR) is 73.6 cm³/mol. The minimum atomic E-state index is 0.165. The number of amides is 1. The SMILES string of the molecule is CC(C)NC1CCN(C(=O)c2ccccc2)CC1. The molecule has 0 bridgehead atoms. The van der Waals surface area contributed by atoms with Gasteiger partial charge in [-0.05, 0) is 25.0 Å². The lowest BCUT2D eigenvalue weighted by Crippen LogP contribution is -2.46. The summed E-state index contributed by atoms with van der Waals surface area (Å²) in [5.74, 6) is 0.165. The van der Waals surface area contributed by atoms with Crippen molar-refractivity contribution in [3.8, 4) is 0 Å². The topological polar surface area (TPSA) is 32.3 Å². The first-order valence-corrected chi connectivity index (χ1v) is 6.77. The first kappa shape index (κ1) is 13.1. The maximum atomic E-state index is 12.2. The first-order valence-electron chi connectivity index (χ1n) is 6.77. The quantitative estimate of drug-likeness (QED) is 0.887. The summed E-state index contributed by atoms with van der Waals surface area (Å²) < 4.78 is 0. The molecule has 0 unspecified atom stereocenters. The Hall–Kier alpha value is -1.35. The van der Waals surface area contributed by atoms with Gasteiger partial charge in [-0.2, -0.15) is 0 Å². The zero-order chi connectivity index (χ0) is 13.0. The highest BCUT2D eigenvalue weighted by Gasteiger charge is 2.23. The number of rotatable bonds is 3. The van der Waals surface area contributed by atoms with Gasteiger partial charge in [-0.25, -0.2) is 0 Å². The van der Waals surface area contributed by atoms with Crippen LogP contribution >= 0.6 is 0 Å². The van der Waals surface area contributed by atoms with Crippen LogP contribution in [-0.2, 0) is 0 Å². The highest BCUT2D eigenvalue weighted by atomic mass is 16.2. The summed E-state index contributed by atoms with van der Waals surface area (Å²) in [5, 5.41) is 3.54. The second kappa shape index (κ2) is 6.01. The summed E-state index contributed by atoms with van der Waals surface area (Å²) in [7, 11) is 0. The van der Waals surface area contributed by atoms with Crippen molar-refractivity contribution in [2.24, 2.45) is 0 Å². The Morgan fingerprint density at radius 2 is 1.83 bits per heavy atom. The van der Waals surface area contributed by atoms with E-state index in [0.717, 1.165) is 31.5 Å². The third kappa shape index (κ3) is 3.33. The number of carbonyl (C=O) groups is 1. The molecule has 3 heteroatoms. The maximum Gasteiger partial charge on any atom is 0.253 e. The molecule has 0 aromatic heterocycles. The van der Waals surface area contributed by atoms with Crippen LogP contribution in [0.25, 0.3) is 0 Å². The Balaban J connectivity index is 1.88. The van der Waals surface area contributed by atoms with Crippen molar-refractivity contribution >= 4 is 5.91 Å². The molecule has 18 heavy (non-hydrogen) atoms. The van der Waals surface area contributed by atoms with Gasteiger partial charge in [0.05, 0.1) is 0 Å². The van der Waals surface area contributed by atoms with E-state index in [2.05, 4.69) is 19.2 Å². The van der Waals surface area contributed by atoms with E-state index in [0.29, 0.717) is 12.1 Å². The molecule has 1 fully saturated rings. The van der Waals surface area contributed by atoms with Crippen LogP contribution < -0.4 is 5.32 Å². The van der Waals surface area contributed by atoms with Crippen molar-refractivity contribution in [2.75, 3.05) is 13.1 Å². The van der Waals surface area contributed by atoms with Crippen LogP contribution in [0.5, 0.6) is 0 Å². The average molecular weight is 246 g/mol. The summed E-state index contributed by atoms with van der Waals surface area (Å²) in [5.41, 5.74) is 0.799. The summed E-state index contributed by atoms with van der Waals surface area (Å²) >= 11 is 0. The largest absolute Gasteiger partial charge is 0.339 e. The molecule has 1 heterocycles. The molecule has 1 aromatic carbocycles. The van der Waals surface area contributed by atoms with Gasteiger partial charge in [0.1, 0.15) is 0 Å². The van der Waals surface area contributed by atoms with Crippen molar-refractivity contribution in [1.29, 1.82) is 0 Å². The predicted octanol–water partition coefficient (Wildman–Crippen LogP) is 2.29. The minimum Gasteiger partial charge on any atom is -0.339 e. The number of hydrogen-bond donors (Lipinski definition) is 1. The lowest BCUT2D eigenvalue weighted by molar-refractivity contribution is 0.0703. The molecule has 0 aliphatic carbocycles. The van der Waals surface area contributed by atoms with Gasteiger partial charge in [-0.15, -0.1) is 0 Å². The number of carbonyl (C=O) groups excluding carboxylic acids is 1. The van der Waals surface area contributed by atoms with E-state index in [1.807, 2.05) is 35.2 Å². The van der Waals surface area contributed by atoms with Gasteiger partial charge in [0, 0.05) is 30.7 Å². The van der Waals surface area contributed by atoms with Crippen LogP contribution in [0.4, 0.5) is 0 Å². The van der Waals surface area contributed by atoms with E-state index in [1.165, 1.54) is 0 Å². The Morgan fingerprint density at radius 1 is 1.22 bits per heavy atom. The van der Waals surface area contributed by atoms with Gasteiger partial charge in [-0.1, -0.05) is 32.0 Å². The lowest BCUT2D eigenvalue weighted by Gasteiger charge is -2.33. The fourth-order valence-corrected chi connectivity index (χ4v) is 2.48. The smallest absolute Gasteiger partial charge is 0.253 e. The lowest BCUT2D eigenvalue weighted by atomic mass is 10.0. The van der Waals surface area contributed by atoms with Gasteiger partial charge in [0.25, 0.3) is 5.91 Å². The molecule has 1 aromatic rings. The molecule has 3 nitrogen and oxygen atoms in total.